The first kappa shape index (κ1) is 17.0. The summed E-state index contributed by atoms with van der Waals surface area (Å²) in [6, 6.07) is 12.6. The van der Waals surface area contributed by atoms with Gasteiger partial charge in [0.1, 0.15) is 11.0 Å². The summed E-state index contributed by atoms with van der Waals surface area (Å²) in [4.78, 5) is 12.2. The van der Waals surface area contributed by atoms with E-state index >= 15 is 0 Å². The predicted octanol–water partition coefficient (Wildman–Crippen LogP) is 4.13. The lowest BCUT2D eigenvalue weighted by molar-refractivity contribution is -0.113. The number of nitrogens with one attached hydrogen (secondary N) is 1. The molecule has 0 radical (unpaired) electrons. The summed E-state index contributed by atoms with van der Waals surface area (Å²) < 4.78 is 13.9. The lowest BCUT2D eigenvalue weighted by Gasteiger charge is -2.04. The minimum absolute atomic E-state index is 0.130. The zero-order valence-corrected chi connectivity index (χ0v) is 15.4. The van der Waals surface area contributed by atoms with Gasteiger partial charge in [-0.3, -0.25) is 4.79 Å². The van der Waals surface area contributed by atoms with Crippen LogP contribution in [0, 0.1) is 0 Å². The Labute approximate surface area is 161 Å². The second-order valence-electron chi connectivity index (χ2n) is 5.16. The Kier molecular flexibility index (Phi) is 4.83. The van der Waals surface area contributed by atoms with Crippen molar-refractivity contribution in [1.82, 2.24) is 18.9 Å². The summed E-state index contributed by atoms with van der Waals surface area (Å²) in [7, 11) is 0. The van der Waals surface area contributed by atoms with E-state index in [9.17, 15) is 4.79 Å². The number of aromatic nitrogens is 4. The van der Waals surface area contributed by atoms with E-state index in [0.29, 0.717) is 27.3 Å². The van der Waals surface area contributed by atoms with Gasteiger partial charge < -0.3 is 9.73 Å². The van der Waals surface area contributed by atoms with Crippen LogP contribution in [-0.4, -0.2) is 30.6 Å². The second-order valence-corrected chi connectivity index (χ2v) is 7.05. The lowest BCUT2D eigenvalue weighted by Crippen LogP contribution is -2.14. The number of hydrogen-bond donors (Lipinski definition) is 1. The molecule has 0 fully saturated rings. The van der Waals surface area contributed by atoms with Crippen molar-refractivity contribution in [3.05, 3.63) is 47.5 Å². The number of amides is 1. The van der Waals surface area contributed by atoms with E-state index in [1.807, 2.05) is 18.2 Å². The lowest BCUT2D eigenvalue weighted by atomic mass is 10.2. The summed E-state index contributed by atoms with van der Waals surface area (Å²) in [5.41, 5.74) is 2.79. The fourth-order valence-electron chi connectivity index (χ4n) is 2.23. The molecule has 2 aromatic carbocycles. The molecule has 130 valence electrons. The summed E-state index contributed by atoms with van der Waals surface area (Å²) >= 11 is 8.22. The maximum Gasteiger partial charge on any atom is 0.277 e. The highest BCUT2D eigenvalue weighted by atomic mass is 35.5. The van der Waals surface area contributed by atoms with E-state index in [0.717, 1.165) is 34.6 Å². The highest BCUT2D eigenvalue weighted by molar-refractivity contribution is 7.99. The quantitative estimate of drug-likeness (QED) is 0.500. The van der Waals surface area contributed by atoms with E-state index in [4.69, 9.17) is 16.0 Å². The van der Waals surface area contributed by atoms with Crippen LogP contribution in [-0.2, 0) is 4.79 Å². The molecule has 4 rings (SSSR count). The maximum atomic E-state index is 12.2. The molecule has 0 saturated heterocycles. The number of hydrogen-bond acceptors (Lipinski definition) is 8. The number of fused-ring (bicyclic) bond motifs is 1. The molecule has 0 aliphatic heterocycles. The van der Waals surface area contributed by atoms with Crippen LogP contribution in [0.5, 0.6) is 0 Å². The van der Waals surface area contributed by atoms with Crippen LogP contribution in [0.15, 0.2) is 52.1 Å². The van der Waals surface area contributed by atoms with E-state index < -0.39 is 0 Å². The van der Waals surface area contributed by atoms with Gasteiger partial charge in [-0.2, -0.15) is 8.75 Å². The highest BCUT2D eigenvalue weighted by Crippen LogP contribution is 2.26. The molecule has 0 unspecified atom stereocenters. The average Bonchev–Trinajstić information content (AvgIpc) is 3.30. The van der Waals surface area contributed by atoms with Gasteiger partial charge in [-0.1, -0.05) is 35.5 Å². The third kappa shape index (κ3) is 3.69. The number of carbonyl (C=O) groups excluding carboxylic acids is 1. The van der Waals surface area contributed by atoms with Gasteiger partial charge in [0.15, 0.2) is 0 Å². The van der Waals surface area contributed by atoms with Crippen LogP contribution in [0.3, 0.4) is 0 Å². The number of nitrogens with zero attached hydrogens (tertiary/aromatic N) is 4. The molecule has 0 saturated carbocycles. The molecule has 10 heteroatoms. The Balaban J connectivity index is 1.40. The largest absolute Gasteiger partial charge is 0.411 e. The minimum atomic E-state index is -0.196. The first-order valence-corrected chi connectivity index (χ1v) is 9.52. The third-order valence-electron chi connectivity index (χ3n) is 3.36. The van der Waals surface area contributed by atoms with Crippen molar-refractivity contribution in [2.75, 3.05) is 11.1 Å². The van der Waals surface area contributed by atoms with Gasteiger partial charge in [0, 0.05) is 10.6 Å². The highest BCUT2D eigenvalue weighted by Gasteiger charge is 2.13. The average molecular weight is 404 g/mol. The van der Waals surface area contributed by atoms with Gasteiger partial charge in [0.05, 0.1) is 23.2 Å². The van der Waals surface area contributed by atoms with Crippen LogP contribution in [0.4, 0.5) is 5.69 Å². The molecular weight excluding hydrogens is 394 g/mol. The number of carbonyl (C=O) groups is 1. The molecule has 0 bridgehead atoms. The smallest absolute Gasteiger partial charge is 0.277 e. The molecule has 1 amide bonds. The molecule has 0 aliphatic rings. The Morgan fingerprint density at radius 3 is 2.96 bits per heavy atom. The summed E-state index contributed by atoms with van der Waals surface area (Å²) in [6.07, 6.45) is 0. The van der Waals surface area contributed by atoms with Crippen molar-refractivity contribution in [3.8, 4) is 11.5 Å². The summed E-state index contributed by atoms with van der Waals surface area (Å²) in [6.45, 7) is 0. The molecule has 0 aliphatic carbocycles. The Morgan fingerprint density at radius 2 is 2.08 bits per heavy atom. The number of rotatable bonds is 5. The monoisotopic (exact) mass is 403 g/mol. The minimum Gasteiger partial charge on any atom is -0.411 e. The van der Waals surface area contributed by atoms with E-state index in [-0.39, 0.29) is 11.7 Å². The van der Waals surface area contributed by atoms with Crippen molar-refractivity contribution in [1.29, 1.82) is 0 Å². The van der Waals surface area contributed by atoms with E-state index in [1.165, 1.54) is 0 Å². The van der Waals surface area contributed by atoms with Crippen LogP contribution in [0.2, 0.25) is 5.02 Å². The van der Waals surface area contributed by atoms with Gasteiger partial charge in [-0.15, -0.1) is 10.2 Å². The SMILES string of the molecule is O=C(CSc1nnc(-c2cccc(Cl)c2)o1)Nc1cccc2nsnc12. The Bertz CT molecular complexity index is 1080. The van der Waals surface area contributed by atoms with Crippen molar-refractivity contribution in [3.63, 3.8) is 0 Å². The van der Waals surface area contributed by atoms with E-state index in [2.05, 4.69) is 24.3 Å². The number of halogens is 1. The van der Waals surface area contributed by atoms with Crippen molar-refractivity contribution < 1.29 is 9.21 Å². The number of anilines is 1. The normalized spacial score (nSPS) is 11.0. The fourth-order valence-corrected chi connectivity index (χ4v) is 3.53. The van der Waals surface area contributed by atoms with Gasteiger partial charge >= 0.3 is 0 Å². The first-order chi connectivity index (χ1) is 12.7. The molecule has 2 heterocycles. The molecule has 0 atom stereocenters. The fraction of sp³-hybridized carbons (Fsp3) is 0.0625. The maximum absolute atomic E-state index is 12.2. The first-order valence-electron chi connectivity index (χ1n) is 7.42. The predicted molar refractivity (Wildman–Crippen MR) is 102 cm³/mol. The van der Waals surface area contributed by atoms with Gasteiger partial charge in [0.2, 0.25) is 11.8 Å². The van der Waals surface area contributed by atoms with Gasteiger partial charge in [-0.05, 0) is 30.3 Å². The Morgan fingerprint density at radius 1 is 1.19 bits per heavy atom. The molecular formula is C16H10ClN5O2S2. The van der Waals surface area contributed by atoms with Crippen LogP contribution in [0.1, 0.15) is 0 Å². The third-order valence-corrected chi connectivity index (χ3v) is 4.96. The Hall–Kier alpha value is -2.49. The molecule has 7 nitrogen and oxygen atoms in total. The summed E-state index contributed by atoms with van der Waals surface area (Å²) in [5.74, 6) is 0.289. The van der Waals surface area contributed by atoms with Crippen molar-refractivity contribution in [2.24, 2.45) is 0 Å². The van der Waals surface area contributed by atoms with Gasteiger partial charge in [-0.25, -0.2) is 0 Å². The van der Waals surface area contributed by atoms with Crippen molar-refractivity contribution in [2.45, 2.75) is 5.22 Å². The zero-order chi connectivity index (χ0) is 17.9. The molecule has 2 aromatic heterocycles. The second kappa shape index (κ2) is 7.40. The van der Waals surface area contributed by atoms with Crippen molar-refractivity contribution >= 4 is 57.7 Å². The molecule has 0 spiro atoms. The summed E-state index contributed by atoms with van der Waals surface area (Å²) in [5, 5.41) is 11.6. The topological polar surface area (TPSA) is 93.8 Å². The van der Waals surface area contributed by atoms with Crippen LogP contribution in [0.25, 0.3) is 22.5 Å². The number of thioether (sulfide) groups is 1. The number of benzene rings is 2. The molecule has 4 aromatic rings. The van der Waals surface area contributed by atoms with Crippen LogP contribution < -0.4 is 5.32 Å². The standard InChI is InChI=1S/C16H10ClN5O2S2/c17-10-4-1-3-9(7-10)15-19-20-16(24-15)25-8-13(23)18-11-5-2-6-12-14(11)22-26-21-12/h1-7H,8H2,(H,18,23). The van der Waals surface area contributed by atoms with Gasteiger partial charge in [0.25, 0.3) is 5.22 Å². The van der Waals surface area contributed by atoms with E-state index in [1.54, 1.807) is 24.3 Å². The molecule has 26 heavy (non-hydrogen) atoms. The zero-order valence-electron chi connectivity index (χ0n) is 13.0. The van der Waals surface area contributed by atoms with Crippen LogP contribution >= 0.6 is 35.1 Å². The molecule has 1 N–H and O–H groups in total.